The highest BCUT2D eigenvalue weighted by atomic mass is 32.2. The summed E-state index contributed by atoms with van der Waals surface area (Å²) in [5.41, 5.74) is 1.54. The normalized spacial score (nSPS) is 14.1. The predicted octanol–water partition coefficient (Wildman–Crippen LogP) is 3.85. The molecule has 0 saturated carbocycles. The second-order valence-corrected chi connectivity index (χ2v) is 10.7. The Balaban J connectivity index is 2.48. The fourth-order valence-corrected chi connectivity index (χ4v) is 5.44. The van der Waals surface area contributed by atoms with Crippen molar-refractivity contribution in [1.29, 1.82) is 0 Å². The summed E-state index contributed by atoms with van der Waals surface area (Å²) in [5, 5.41) is 15.1. The second kappa shape index (κ2) is 8.35. The number of sulfonamides is 1. The van der Waals surface area contributed by atoms with Crippen molar-refractivity contribution in [3.63, 3.8) is 0 Å². The van der Waals surface area contributed by atoms with Crippen LogP contribution in [0.15, 0.2) is 35.2 Å². The van der Waals surface area contributed by atoms with Gasteiger partial charge < -0.3 is 5.11 Å². The van der Waals surface area contributed by atoms with Crippen molar-refractivity contribution < 1.29 is 13.5 Å². The van der Waals surface area contributed by atoms with Crippen molar-refractivity contribution in [2.45, 2.75) is 65.5 Å². The van der Waals surface area contributed by atoms with Crippen LogP contribution in [0.1, 0.15) is 63.7 Å². The Morgan fingerprint density at radius 2 is 1.71 bits per heavy atom. The molecule has 1 atom stereocenters. The average Bonchev–Trinajstić information content (AvgIpc) is 2.89. The van der Waals surface area contributed by atoms with Crippen LogP contribution in [0.25, 0.3) is 0 Å². The molecule has 1 aromatic carbocycles. The number of aromatic nitrogens is 2. The molecule has 1 heterocycles. The molecule has 0 aliphatic heterocycles. The zero-order valence-electron chi connectivity index (χ0n) is 18.0. The van der Waals surface area contributed by atoms with Crippen LogP contribution in [0.4, 0.5) is 0 Å². The molecule has 2 aromatic rings. The van der Waals surface area contributed by atoms with Gasteiger partial charge in [-0.1, -0.05) is 51.1 Å². The first-order chi connectivity index (χ1) is 12.8. The van der Waals surface area contributed by atoms with Gasteiger partial charge in [0.05, 0.1) is 17.5 Å². The van der Waals surface area contributed by atoms with E-state index >= 15 is 0 Å². The lowest BCUT2D eigenvalue weighted by Gasteiger charge is -2.31. The Hall–Kier alpha value is -1.70. The van der Waals surface area contributed by atoms with Crippen LogP contribution in [0, 0.1) is 19.3 Å². The lowest BCUT2D eigenvalue weighted by Crippen LogP contribution is -2.40. The molecule has 0 saturated heterocycles. The number of nitrogens with zero attached hydrogens (tertiary/aromatic N) is 3. The summed E-state index contributed by atoms with van der Waals surface area (Å²) in [4.78, 5) is 0.241. The summed E-state index contributed by atoms with van der Waals surface area (Å²) in [6.07, 6.45) is -0.904. The Kier molecular flexibility index (Phi) is 6.74. The van der Waals surface area contributed by atoms with Gasteiger partial charge in [0.2, 0.25) is 10.0 Å². The van der Waals surface area contributed by atoms with Gasteiger partial charge >= 0.3 is 0 Å². The highest BCUT2D eigenvalue weighted by Gasteiger charge is 2.35. The summed E-state index contributed by atoms with van der Waals surface area (Å²) in [6.45, 7) is 13.7. The van der Waals surface area contributed by atoms with E-state index in [0.29, 0.717) is 23.5 Å². The molecule has 28 heavy (non-hydrogen) atoms. The van der Waals surface area contributed by atoms with Crippen LogP contribution in [0.5, 0.6) is 0 Å². The van der Waals surface area contributed by atoms with Crippen molar-refractivity contribution in [3.05, 3.63) is 47.3 Å². The fraction of sp³-hybridized carbons (Fsp3) is 0.571. The molecule has 0 bridgehead atoms. The van der Waals surface area contributed by atoms with Crippen LogP contribution in [-0.2, 0) is 10.0 Å². The van der Waals surface area contributed by atoms with E-state index in [4.69, 9.17) is 0 Å². The highest BCUT2D eigenvalue weighted by molar-refractivity contribution is 7.89. The van der Waals surface area contributed by atoms with Crippen molar-refractivity contribution in [1.82, 2.24) is 14.1 Å². The first-order valence-electron chi connectivity index (χ1n) is 9.63. The van der Waals surface area contributed by atoms with E-state index < -0.39 is 16.1 Å². The van der Waals surface area contributed by atoms with Crippen molar-refractivity contribution in [3.8, 4) is 0 Å². The van der Waals surface area contributed by atoms with Crippen molar-refractivity contribution in [2.24, 2.45) is 5.41 Å². The Morgan fingerprint density at radius 1 is 1.14 bits per heavy atom. The van der Waals surface area contributed by atoms with E-state index in [2.05, 4.69) is 5.10 Å². The number of hydrogen-bond donors (Lipinski definition) is 1. The average molecular weight is 408 g/mol. The molecule has 0 fully saturated rings. The van der Waals surface area contributed by atoms with E-state index in [-0.39, 0.29) is 22.9 Å². The molecule has 1 unspecified atom stereocenters. The first-order valence-corrected chi connectivity index (χ1v) is 11.1. The first kappa shape index (κ1) is 22.6. The number of aliphatic hydroxyl groups excluding tert-OH is 1. The molecule has 156 valence electrons. The van der Waals surface area contributed by atoms with Gasteiger partial charge in [0.25, 0.3) is 0 Å². The molecule has 0 amide bonds. The number of rotatable bonds is 7. The van der Waals surface area contributed by atoms with Gasteiger partial charge in [-0.3, -0.25) is 4.68 Å². The maximum absolute atomic E-state index is 13.6. The highest BCUT2D eigenvalue weighted by Crippen LogP contribution is 2.29. The molecule has 0 spiro atoms. The SMILES string of the molecule is Cc1nn(C(C)C)c(C)c1S(=O)(=O)N(CC(O)c1ccccc1)CC(C)(C)C. The zero-order valence-corrected chi connectivity index (χ0v) is 18.8. The third-order valence-corrected chi connectivity index (χ3v) is 6.62. The van der Waals surface area contributed by atoms with Gasteiger partial charge in [0.1, 0.15) is 4.90 Å². The van der Waals surface area contributed by atoms with Crippen LogP contribution < -0.4 is 0 Å². The van der Waals surface area contributed by atoms with Crippen molar-refractivity contribution in [2.75, 3.05) is 13.1 Å². The maximum Gasteiger partial charge on any atom is 0.246 e. The van der Waals surface area contributed by atoms with Crippen LogP contribution >= 0.6 is 0 Å². The molecule has 0 aliphatic rings. The molecule has 0 aliphatic carbocycles. The van der Waals surface area contributed by atoms with E-state index in [9.17, 15) is 13.5 Å². The molecule has 1 N–H and O–H groups in total. The summed E-state index contributed by atoms with van der Waals surface area (Å²) in [7, 11) is -3.82. The van der Waals surface area contributed by atoms with Gasteiger partial charge in [-0.2, -0.15) is 9.40 Å². The Labute approximate surface area is 169 Å². The Morgan fingerprint density at radius 3 is 2.18 bits per heavy atom. The molecule has 2 rings (SSSR count). The van der Waals surface area contributed by atoms with Gasteiger partial charge in [-0.25, -0.2) is 8.42 Å². The third kappa shape index (κ3) is 5.01. The van der Waals surface area contributed by atoms with Crippen LogP contribution in [0.3, 0.4) is 0 Å². The number of aryl methyl sites for hydroxylation is 1. The number of hydrogen-bond acceptors (Lipinski definition) is 4. The summed E-state index contributed by atoms with van der Waals surface area (Å²) >= 11 is 0. The predicted molar refractivity (Wildman–Crippen MR) is 112 cm³/mol. The lowest BCUT2D eigenvalue weighted by molar-refractivity contribution is 0.134. The largest absolute Gasteiger partial charge is 0.387 e. The minimum absolute atomic E-state index is 0.00461. The van der Waals surface area contributed by atoms with Crippen LogP contribution in [-0.4, -0.2) is 40.7 Å². The second-order valence-electron chi connectivity index (χ2n) is 8.82. The molecule has 6 nitrogen and oxygen atoms in total. The molecule has 0 radical (unpaired) electrons. The summed E-state index contributed by atoms with van der Waals surface area (Å²) in [6, 6.07) is 9.21. The monoisotopic (exact) mass is 407 g/mol. The minimum Gasteiger partial charge on any atom is -0.387 e. The maximum atomic E-state index is 13.6. The van der Waals surface area contributed by atoms with Gasteiger partial charge in [0.15, 0.2) is 0 Å². The topological polar surface area (TPSA) is 75.4 Å². The van der Waals surface area contributed by atoms with Gasteiger partial charge in [-0.15, -0.1) is 0 Å². The van der Waals surface area contributed by atoms with Crippen molar-refractivity contribution >= 4 is 10.0 Å². The van der Waals surface area contributed by atoms with Crippen LogP contribution in [0.2, 0.25) is 0 Å². The Bertz CT molecular complexity index is 897. The standard InChI is InChI=1S/C21H33N3O3S/c1-15(2)24-17(4)20(16(3)22-24)28(26,27)23(14-21(5,6)7)13-19(25)18-11-9-8-10-12-18/h8-12,15,19,25H,13-14H2,1-7H3. The van der Waals surface area contributed by atoms with E-state index in [1.165, 1.54) is 4.31 Å². The molecule has 1 aromatic heterocycles. The minimum atomic E-state index is -3.82. The molecular formula is C21H33N3O3S. The zero-order chi connectivity index (χ0) is 21.3. The quantitative estimate of drug-likeness (QED) is 0.756. The number of aliphatic hydroxyl groups is 1. The summed E-state index contributed by atoms with van der Waals surface area (Å²) in [5.74, 6) is 0. The van der Waals surface area contributed by atoms with E-state index in [1.807, 2.05) is 52.8 Å². The number of benzene rings is 1. The molecular weight excluding hydrogens is 374 g/mol. The smallest absolute Gasteiger partial charge is 0.246 e. The van der Waals surface area contributed by atoms with E-state index in [0.717, 1.165) is 0 Å². The fourth-order valence-electron chi connectivity index (χ4n) is 3.40. The third-order valence-electron chi connectivity index (χ3n) is 4.56. The summed E-state index contributed by atoms with van der Waals surface area (Å²) < 4.78 is 30.4. The molecule has 7 heteroatoms. The van der Waals surface area contributed by atoms with Gasteiger partial charge in [-0.05, 0) is 38.7 Å². The van der Waals surface area contributed by atoms with Gasteiger partial charge in [0, 0.05) is 19.1 Å². The lowest BCUT2D eigenvalue weighted by atomic mass is 9.97. The van der Waals surface area contributed by atoms with E-state index in [1.54, 1.807) is 30.7 Å².